The zero-order valence-electron chi connectivity index (χ0n) is 16.7. The topological polar surface area (TPSA) is 43.2 Å². The highest BCUT2D eigenvalue weighted by Gasteiger charge is 2.30. The Morgan fingerprint density at radius 2 is 1.79 bits per heavy atom. The molecule has 1 N–H and O–H groups in total. The van der Waals surface area contributed by atoms with Crippen LogP contribution in [-0.2, 0) is 11.0 Å². The molecule has 0 spiro atoms. The lowest BCUT2D eigenvalue weighted by molar-refractivity contribution is -0.137. The second-order valence-corrected chi connectivity index (χ2v) is 7.78. The van der Waals surface area contributed by atoms with Gasteiger partial charge in [-0.05, 0) is 38.3 Å². The highest BCUT2D eigenvalue weighted by atomic mass is 19.4. The molecule has 0 radical (unpaired) electrons. The Balaban J connectivity index is 1.89. The predicted molar refractivity (Wildman–Crippen MR) is 108 cm³/mol. The molecule has 0 heterocycles. The molecular weight excluding hydrogens is 377 g/mol. The van der Waals surface area contributed by atoms with Gasteiger partial charge in [0.1, 0.15) is 0 Å². The Hall–Kier alpha value is -2.50. The van der Waals surface area contributed by atoms with Crippen molar-refractivity contribution < 1.29 is 18.0 Å². The minimum absolute atomic E-state index is 0.0983. The fourth-order valence-electron chi connectivity index (χ4n) is 3.84. The predicted octanol–water partition coefficient (Wildman–Crippen LogP) is 6.52. The maximum atomic E-state index is 13.1. The number of alkyl halides is 3. The summed E-state index contributed by atoms with van der Waals surface area (Å²) < 4.78 is 39.3. The van der Waals surface area contributed by atoms with Crippen LogP contribution in [0.2, 0.25) is 0 Å². The molecule has 1 aliphatic carbocycles. The average Bonchev–Trinajstić information content (AvgIpc) is 2.67. The van der Waals surface area contributed by atoms with Crippen LogP contribution in [0.25, 0.3) is 5.32 Å². The number of nitrogens with zero attached hydrogens (tertiary/aromatic N) is 1. The van der Waals surface area contributed by atoms with Gasteiger partial charge in [0.25, 0.3) is 0 Å². The van der Waals surface area contributed by atoms with Crippen LogP contribution in [0.3, 0.4) is 0 Å². The van der Waals surface area contributed by atoms with E-state index in [9.17, 15) is 18.0 Å². The van der Waals surface area contributed by atoms with Gasteiger partial charge in [-0.15, -0.1) is 5.69 Å². The van der Waals surface area contributed by atoms with E-state index in [4.69, 9.17) is 0 Å². The molecule has 0 aromatic heterocycles. The van der Waals surface area contributed by atoms with Gasteiger partial charge in [0.05, 0.1) is 5.56 Å². The normalized spacial score (nSPS) is 16.3. The smallest absolute Gasteiger partial charge is 0.416 e. The highest BCUT2D eigenvalue weighted by molar-refractivity contribution is 5.88. The molecule has 29 heavy (non-hydrogen) atoms. The Kier molecular flexibility index (Phi) is 6.50. The molecule has 1 fully saturated rings. The Morgan fingerprint density at radius 1 is 1.07 bits per heavy atom. The maximum Gasteiger partial charge on any atom is 0.416 e. The molecule has 1 unspecified atom stereocenters. The summed E-state index contributed by atoms with van der Waals surface area (Å²) in [6, 6.07) is 9.72. The van der Waals surface area contributed by atoms with Crippen molar-refractivity contribution in [1.82, 2.24) is 5.32 Å². The summed E-state index contributed by atoms with van der Waals surface area (Å²) in [6.45, 7) is 3.85. The molecular formula is C23H26F3N2O-. The van der Waals surface area contributed by atoms with Gasteiger partial charge in [-0.25, -0.2) is 0 Å². The molecule has 0 aliphatic heterocycles. The van der Waals surface area contributed by atoms with Crippen LogP contribution in [0.5, 0.6) is 0 Å². The van der Waals surface area contributed by atoms with E-state index in [0.29, 0.717) is 5.56 Å². The van der Waals surface area contributed by atoms with E-state index in [1.165, 1.54) is 18.6 Å². The summed E-state index contributed by atoms with van der Waals surface area (Å²) in [7, 11) is 0. The van der Waals surface area contributed by atoms with Crippen LogP contribution >= 0.6 is 0 Å². The molecule has 2 aromatic carbocycles. The van der Waals surface area contributed by atoms with Crippen molar-refractivity contribution >= 4 is 11.6 Å². The average molecular weight is 403 g/mol. The summed E-state index contributed by atoms with van der Waals surface area (Å²) in [5.74, 6) is -0.263. The molecule has 1 atom stereocenters. The van der Waals surface area contributed by atoms with Crippen LogP contribution in [-0.4, -0.2) is 11.9 Å². The van der Waals surface area contributed by atoms with Crippen LogP contribution in [0.1, 0.15) is 60.4 Å². The first-order valence-electron chi connectivity index (χ1n) is 9.99. The summed E-state index contributed by atoms with van der Waals surface area (Å²) >= 11 is 0. The number of carbonyl (C=O) groups is 1. The van der Waals surface area contributed by atoms with Crippen molar-refractivity contribution in [2.45, 2.75) is 64.2 Å². The van der Waals surface area contributed by atoms with Crippen molar-refractivity contribution in [1.29, 1.82) is 0 Å². The number of aryl methyl sites for hydroxylation is 2. The van der Waals surface area contributed by atoms with Crippen molar-refractivity contribution in [2.24, 2.45) is 0 Å². The lowest BCUT2D eigenvalue weighted by Gasteiger charge is -2.36. The van der Waals surface area contributed by atoms with E-state index in [1.54, 1.807) is 0 Å². The third-order valence-electron chi connectivity index (χ3n) is 5.37. The number of benzene rings is 2. The van der Waals surface area contributed by atoms with Gasteiger partial charge < -0.3 is 10.6 Å². The number of amides is 1. The zero-order chi connectivity index (χ0) is 21.0. The zero-order valence-corrected chi connectivity index (χ0v) is 16.7. The second kappa shape index (κ2) is 8.89. The van der Waals surface area contributed by atoms with Gasteiger partial charge in [-0.3, -0.25) is 4.79 Å². The molecule has 3 rings (SSSR count). The first-order chi connectivity index (χ1) is 13.7. The van der Waals surface area contributed by atoms with E-state index < -0.39 is 17.8 Å². The molecule has 1 amide bonds. The van der Waals surface area contributed by atoms with Gasteiger partial charge in [0, 0.05) is 6.04 Å². The van der Waals surface area contributed by atoms with Crippen LogP contribution in [0.4, 0.5) is 18.9 Å². The summed E-state index contributed by atoms with van der Waals surface area (Å²) in [6.07, 6.45) is 0.713. The first-order valence-corrected chi connectivity index (χ1v) is 9.99. The molecule has 2 aromatic rings. The van der Waals surface area contributed by atoms with Gasteiger partial charge in [0.15, 0.2) is 0 Å². The summed E-state index contributed by atoms with van der Waals surface area (Å²) in [5, 5.41) is 7.52. The molecule has 6 heteroatoms. The molecule has 0 saturated heterocycles. The lowest BCUT2D eigenvalue weighted by Crippen LogP contribution is -2.39. The van der Waals surface area contributed by atoms with Crippen molar-refractivity contribution in [3.63, 3.8) is 0 Å². The molecule has 1 saturated carbocycles. The largest absolute Gasteiger partial charge is 0.670 e. The van der Waals surface area contributed by atoms with Gasteiger partial charge >= 0.3 is 6.18 Å². The monoisotopic (exact) mass is 403 g/mol. The third-order valence-corrected chi connectivity index (χ3v) is 5.37. The minimum atomic E-state index is -4.45. The van der Waals surface area contributed by atoms with Gasteiger partial charge in [-0.1, -0.05) is 72.9 Å². The fraction of sp³-hybridized carbons (Fsp3) is 0.435. The van der Waals surface area contributed by atoms with Crippen LogP contribution in [0.15, 0.2) is 42.5 Å². The number of halogens is 3. The van der Waals surface area contributed by atoms with E-state index in [0.717, 1.165) is 48.9 Å². The summed E-state index contributed by atoms with van der Waals surface area (Å²) in [4.78, 5) is 13.1. The lowest BCUT2D eigenvalue weighted by atomic mass is 9.94. The van der Waals surface area contributed by atoms with E-state index in [1.807, 2.05) is 32.0 Å². The number of carbonyl (C=O) groups excluding carboxylic acids is 1. The van der Waals surface area contributed by atoms with Gasteiger partial charge in [0.2, 0.25) is 5.91 Å². The number of hydrogen-bond acceptors (Lipinski definition) is 1. The molecule has 3 nitrogen and oxygen atoms in total. The van der Waals surface area contributed by atoms with Gasteiger partial charge in [-0.2, -0.15) is 13.2 Å². The fourth-order valence-corrected chi connectivity index (χ4v) is 3.84. The van der Waals surface area contributed by atoms with Crippen LogP contribution < -0.4 is 5.32 Å². The molecule has 156 valence electrons. The van der Waals surface area contributed by atoms with E-state index in [-0.39, 0.29) is 17.6 Å². The minimum Gasteiger partial charge on any atom is -0.670 e. The number of rotatable bonds is 5. The van der Waals surface area contributed by atoms with E-state index >= 15 is 0 Å². The molecule has 1 aliphatic rings. The SMILES string of the molecule is Cc1ccc(C([N-]c2cccc(C(F)(F)F)c2)C(=O)NC2CCCCC2)c(C)c1. The maximum absolute atomic E-state index is 13.1. The van der Waals surface area contributed by atoms with Crippen molar-refractivity contribution in [3.05, 3.63) is 70.0 Å². The Labute approximate surface area is 169 Å². The van der Waals surface area contributed by atoms with Crippen molar-refractivity contribution in [3.8, 4) is 0 Å². The standard InChI is InChI=1S/C23H26F3N2O/c1-15-11-12-20(16(2)13-15)21(22(29)28-18-8-4-3-5-9-18)27-19-10-6-7-17(14-19)23(24,25)26/h6-7,10-14,18,21H,3-5,8-9H2,1-2H3,(H,28,29)/q-1. The number of hydrogen-bond donors (Lipinski definition) is 1. The Morgan fingerprint density at radius 3 is 2.45 bits per heavy atom. The quantitative estimate of drug-likeness (QED) is 0.607. The highest BCUT2D eigenvalue weighted by Crippen LogP contribution is 2.37. The molecule has 0 bridgehead atoms. The first kappa shape index (κ1) is 21.2. The van der Waals surface area contributed by atoms with Crippen LogP contribution in [0, 0.1) is 13.8 Å². The summed E-state index contributed by atoms with van der Waals surface area (Å²) in [5.41, 5.74) is 2.03. The second-order valence-electron chi connectivity index (χ2n) is 7.78. The van der Waals surface area contributed by atoms with Crippen molar-refractivity contribution in [2.75, 3.05) is 0 Å². The Bertz CT molecular complexity index is 857. The number of nitrogens with one attached hydrogen (secondary N) is 1. The third kappa shape index (κ3) is 5.52. The van der Waals surface area contributed by atoms with E-state index in [2.05, 4.69) is 10.6 Å².